The average molecular weight is 477 g/mol. The molecule has 6 nitrogen and oxygen atoms in total. The van der Waals surface area contributed by atoms with Gasteiger partial charge in [-0.25, -0.2) is 8.42 Å². The zero-order chi connectivity index (χ0) is 24.3. The van der Waals surface area contributed by atoms with Crippen LogP contribution in [0.15, 0.2) is 93.2 Å². The summed E-state index contributed by atoms with van der Waals surface area (Å²) >= 11 is 0. The van der Waals surface area contributed by atoms with Gasteiger partial charge in [-0.2, -0.15) is 4.98 Å². The predicted molar refractivity (Wildman–Crippen MR) is 132 cm³/mol. The third-order valence-corrected chi connectivity index (χ3v) is 6.83. The molecule has 0 aliphatic carbocycles. The molecule has 4 aromatic rings. The van der Waals surface area contributed by atoms with Gasteiger partial charge < -0.3 is 14.5 Å². The van der Waals surface area contributed by atoms with E-state index in [0.717, 1.165) is 16.9 Å². The highest BCUT2D eigenvalue weighted by atomic mass is 32.2. The van der Waals surface area contributed by atoms with Crippen LogP contribution in [0.1, 0.15) is 37.8 Å². The summed E-state index contributed by atoms with van der Waals surface area (Å²) in [7, 11) is -3.87. The normalized spacial score (nSPS) is 11.9. The van der Waals surface area contributed by atoms with Crippen LogP contribution in [0.5, 0.6) is 11.5 Å². The van der Waals surface area contributed by atoms with Gasteiger partial charge in [-0.1, -0.05) is 68.8 Å². The summed E-state index contributed by atoms with van der Waals surface area (Å²) in [6, 6.07) is 23.8. The van der Waals surface area contributed by atoms with Crippen LogP contribution in [0, 0.1) is 6.92 Å². The number of oxazole rings is 1. The van der Waals surface area contributed by atoms with Crippen molar-refractivity contribution in [2.24, 2.45) is 0 Å². The van der Waals surface area contributed by atoms with Crippen molar-refractivity contribution in [3.05, 3.63) is 95.9 Å². The fourth-order valence-corrected chi connectivity index (χ4v) is 4.55. The lowest BCUT2D eigenvalue weighted by atomic mass is 9.97. The number of rotatable bonds is 7. The lowest BCUT2D eigenvalue weighted by Crippen LogP contribution is -2.12. The number of aryl methyl sites for hydroxylation is 1. The van der Waals surface area contributed by atoms with E-state index in [4.69, 9.17) is 9.15 Å². The van der Waals surface area contributed by atoms with E-state index in [0.29, 0.717) is 18.2 Å². The summed E-state index contributed by atoms with van der Waals surface area (Å²) in [5.74, 6) is 1.90. The van der Waals surface area contributed by atoms with Crippen molar-refractivity contribution < 1.29 is 17.6 Å². The average Bonchev–Trinajstić information content (AvgIpc) is 3.25. The predicted octanol–water partition coefficient (Wildman–Crippen LogP) is 6.52. The van der Waals surface area contributed by atoms with Gasteiger partial charge in [0.1, 0.15) is 11.5 Å². The van der Waals surface area contributed by atoms with Crippen molar-refractivity contribution in [2.75, 3.05) is 5.32 Å². The molecule has 7 heteroatoms. The van der Waals surface area contributed by atoms with E-state index in [-0.39, 0.29) is 15.8 Å². The van der Waals surface area contributed by atoms with Crippen molar-refractivity contribution in [2.45, 2.75) is 49.6 Å². The zero-order valence-electron chi connectivity index (χ0n) is 19.7. The van der Waals surface area contributed by atoms with Crippen molar-refractivity contribution in [3.8, 4) is 11.5 Å². The lowest BCUT2D eigenvalue weighted by Gasteiger charge is -2.12. The minimum absolute atomic E-state index is 0.113. The Morgan fingerprint density at radius 2 is 1.59 bits per heavy atom. The van der Waals surface area contributed by atoms with Gasteiger partial charge in [0.2, 0.25) is 26.6 Å². The molecule has 0 aliphatic rings. The minimum Gasteiger partial charge on any atom is -0.457 e. The third-order valence-electron chi connectivity index (χ3n) is 5.15. The number of nitrogens with zero attached hydrogens (tertiary/aromatic N) is 1. The monoisotopic (exact) mass is 476 g/mol. The summed E-state index contributed by atoms with van der Waals surface area (Å²) in [6.45, 7) is 8.02. The summed E-state index contributed by atoms with van der Waals surface area (Å²) in [5, 5.41) is 3.02. The molecule has 3 aromatic carbocycles. The summed E-state index contributed by atoms with van der Waals surface area (Å²) < 4.78 is 38.6. The molecule has 0 saturated carbocycles. The van der Waals surface area contributed by atoms with Crippen LogP contribution < -0.4 is 10.1 Å². The maximum absolute atomic E-state index is 13.4. The van der Waals surface area contributed by atoms with Gasteiger partial charge in [0, 0.05) is 12.0 Å². The van der Waals surface area contributed by atoms with E-state index in [1.54, 1.807) is 24.3 Å². The topological polar surface area (TPSA) is 81.4 Å². The second-order valence-electron chi connectivity index (χ2n) is 9.14. The molecule has 0 atom stereocenters. The number of ether oxygens (including phenoxy) is 1. The molecule has 0 bridgehead atoms. The number of hydrogen-bond acceptors (Lipinski definition) is 6. The van der Waals surface area contributed by atoms with Gasteiger partial charge in [0.15, 0.2) is 0 Å². The van der Waals surface area contributed by atoms with Gasteiger partial charge in [-0.15, -0.1) is 0 Å². The van der Waals surface area contributed by atoms with Crippen LogP contribution >= 0.6 is 0 Å². The Morgan fingerprint density at radius 1 is 0.912 bits per heavy atom. The van der Waals surface area contributed by atoms with Crippen LogP contribution in [0.2, 0.25) is 0 Å². The molecule has 176 valence electrons. The molecular weight excluding hydrogens is 448 g/mol. The molecule has 34 heavy (non-hydrogen) atoms. The second kappa shape index (κ2) is 9.35. The van der Waals surface area contributed by atoms with Gasteiger partial charge in [-0.05, 0) is 48.9 Å². The number of sulfone groups is 1. The number of benzene rings is 3. The van der Waals surface area contributed by atoms with Crippen molar-refractivity contribution in [1.29, 1.82) is 0 Å². The molecule has 0 unspecified atom stereocenters. The molecule has 0 aliphatic heterocycles. The molecule has 1 heterocycles. The first-order valence-corrected chi connectivity index (χ1v) is 12.5. The molecule has 0 amide bonds. The number of para-hydroxylation sites is 1. The van der Waals surface area contributed by atoms with Gasteiger partial charge in [-0.3, -0.25) is 0 Å². The van der Waals surface area contributed by atoms with Crippen LogP contribution in [0.3, 0.4) is 0 Å². The van der Waals surface area contributed by atoms with Crippen LogP contribution in [-0.2, 0) is 21.8 Å². The van der Waals surface area contributed by atoms with E-state index in [1.807, 2.05) is 82.3 Å². The van der Waals surface area contributed by atoms with Gasteiger partial charge in [0.05, 0.1) is 4.90 Å². The number of nitrogens with one attached hydrogen (secondary N) is 1. The zero-order valence-corrected chi connectivity index (χ0v) is 20.5. The Labute approximate surface area is 200 Å². The summed E-state index contributed by atoms with van der Waals surface area (Å²) in [6.07, 6.45) is 0. The molecule has 0 saturated heterocycles. The smallest absolute Gasteiger partial charge is 0.233 e. The number of anilines is 1. The summed E-state index contributed by atoms with van der Waals surface area (Å²) in [5.41, 5.74) is 1.42. The Hall–Kier alpha value is -3.58. The first-order valence-electron chi connectivity index (χ1n) is 11.0. The van der Waals surface area contributed by atoms with Crippen LogP contribution in [0.25, 0.3) is 0 Å². The fraction of sp³-hybridized carbons (Fsp3) is 0.222. The molecular formula is C27H28N2O4S. The molecule has 1 aromatic heterocycles. The standard InChI is InChI=1S/C27H28N2O4S/c1-19-13-15-23(16-14-19)34(30,31)25-24(33-26(29-25)27(2,3)4)28-18-20-9-8-12-22(17-20)32-21-10-6-5-7-11-21/h5-17,28H,18H2,1-4H3. The fourth-order valence-electron chi connectivity index (χ4n) is 3.28. The SMILES string of the molecule is Cc1ccc(S(=O)(=O)c2nc(C(C)(C)C)oc2NCc2cccc(Oc3ccccc3)c2)cc1. The lowest BCUT2D eigenvalue weighted by molar-refractivity contribution is 0.399. The Balaban J connectivity index is 1.61. The largest absolute Gasteiger partial charge is 0.457 e. The van der Waals surface area contributed by atoms with Gasteiger partial charge >= 0.3 is 0 Å². The minimum atomic E-state index is -3.87. The maximum Gasteiger partial charge on any atom is 0.233 e. The third kappa shape index (κ3) is 5.31. The van der Waals surface area contributed by atoms with Gasteiger partial charge in [0.25, 0.3) is 0 Å². The molecule has 0 fully saturated rings. The first-order chi connectivity index (χ1) is 16.1. The van der Waals surface area contributed by atoms with E-state index >= 15 is 0 Å². The van der Waals surface area contributed by atoms with Crippen LogP contribution in [0.4, 0.5) is 5.88 Å². The second-order valence-corrected chi connectivity index (χ2v) is 11.0. The molecule has 1 N–H and O–H groups in total. The number of aromatic nitrogens is 1. The highest BCUT2D eigenvalue weighted by Gasteiger charge is 2.31. The van der Waals surface area contributed by atoms with Crippen molar-refractivity contribution >= 4 is 15.7 Å². The van der Waals surface area contributed by atoms with Crippen molar-refractivity contribution in [3.63, 3.8) is 0 Å². The number of hydrogen-bond donors (Lipinski definition) is 1. The Bertz CT molecular complexity index is 1370. The van der Waals surface area contributed by atoms with E-state index in [1.165, 1.54) is 0 Å². The van der Waals surface area contributed by atoms with E-state index < -0.39 is 15.3 Å². The molecule has 0 radical (unpaired) electrons. The highest BCUT2D eigenvalue weighted by Crippen LogP contribution is 2.33. The van der Waals surface area contributed by atoms with Crippen molar-refractivity contribution in [1.82, 2.24) is 4.98 Å². The highest BCUT2D eigenvalue weighted by molar-refractivity contribution is 7.91. The van der Waals surface area contributed by atoms with E-state index in [9.17, 15) is 8.42 Å². The molecule has 0 spiro atoms. The molecule has 4 rings (SSSR count). The van der Waals surface area contributed by atoms with E-state index in [2.05, 4.69) is 10.3 Å². The van der Waals surface area contributed by atoms with Crippen LogP contribution in [-0.4, -0.2) is 13.4 Å². The Kier molecular flexibility index (Phi) is 6.48. The Morgan fingerprint density at radius 3 is 2.26 bits per heavy atom. The summed E-state index contributed by atoms with van der Waals surface area (Å²) in [4.78, 5) is 4.57. The first kappa shape index (κ1) is 23.6. The maximum atomic E-state index is 13.4. The quantitative estimate of drug-likeness (QED) is 0.327.